The number of ether oxygens (including phenoxy) is 2. The molecule has 12 heavy (non-hydrogen) atoms. The molecule has 0 aromatic heterocycles. The van der Waals surface area contributed by atoms with E-state index in [1.807, 2.05) is 0 Å². The molecule has 0 aromatic rings. The molecule has 1 aliphatic rings. The summed E-state index contributed by atoms with van der Waals surface area (Å²) >= 11 is 0. The first-order valence-corrected chi connectivity index (χ1v) is 3.57. The van der Waals surface area contributed by atoms with Crippen molar-refractivity contribution in [2.75, 3.05) is 6.61 Å². The topological polar surface area (TPSA) is 52.6 Å². The summed E-state index contributed by atoms with van der Waals surface area (Å²) in [5, 5.41) is 0. The van der Waals surface area contributed by atoms with Crippen LogP contribution in [0.5, 0.6) is 0 Å². The fraction of sp³-hybridized carbons (Fsp3) is 0.500. The lowest BCUT2D eigenvalue weighted by molar-refractivity contribution is -0.151. The van der Waals surface area contributed by atoms with Gasteiger partial charge in [0, 0.05) is 6.08 Å². The number of hydrogen-bond acceptors (Lipinski definition) is 4. The fourth-order valence-corrected chi connectivity index (χ4v) is 0.991. The third-order valence-electron chi connectivity index (χ3n) is 1.57. The molecule has 1 heterocycles. The second kappa shape index (κ2) is 2.97. The van der Waals surface area contributed by atoms with Gasteiger partial charge in [0.1, 0.15) is 6.61 Å². The Hall–Kier alpha value is -1.32. The smallest absolute Gasteiger partial charge is 0.330 e. The molecule has 0 spiro atoms. The Morgan fingerprint density at radius 3 is 2.92 bits per heavy atom. The molecule has 0 aromatic carbocycles. The van der Waals surface area contributed by atoms with Gasteiger partial charge in [-0.15, -0.1) is 0 Å². The molecule has 1 saturated heterocycles. The van der Waals surface area contributed by atoms with Crippen molar-refractivity contribution >= 4 is 11.9 Å². The average Bonchev–Trinajstić information content (AvgIpc) is 2.30. The second-order valence-corrected chi connectivity index (χ2v) is 2.91. The van der Waals surface area contributed by atoms with Crippen LogP contribution >= 0.6 is 0 Å². The normalized spacial score (nSPS) is 27.9. The first-order chi connectivity index (χ1) is 5.56. The number of cyclic esters (lactones) is 1. The van der Waals surface area contributed by atoms with Gasteiger partial charge in [0.25, 0.3) is 0 Å². The Bertz CT molecular complexity index is 233. The van der Waals surface area contributed by atoms with E-state index in [1.54, 1.807) is 6.92 Å². The Morgan fingerprint density at radius 1 is 1.83 bits per heavy atom. The lowest BCUT2D eigenvalue weighted by Gasteiger charge is -2.19. The van der Waals surface area contributed by atoms with Gasteiger partial charge in [-0.25, -0.2) is 4.79 Å². The Morgan fingerprint density at radius 2 is 2.50 bits per heavy atom. The molecule has 4 nitrogen and oxygen atoms in total. The number of rotatable bonds is 2. The van der Waals surface area contributed by atoms with Crippen LogP contribution in [0.2, 0.25) is 0 Å². The SMILES string of the molecule is C=CC(=O)OC1(C)COC(=O)C1. The molecule has 0 saturated carbocycles. The minimum absolute atomic E-state index is 0.118. The Labute approximate surface area is 70.1 Å². The number of esters is 2. The van der Waals surface area contributed by atoms with Gasteiger partial charge in [-0.1, -0.05) is 6.58 Å². The Kier molecular flexibility index (Phi) is 2.17. The highest BCUT2D eigenvalue weighted by Gasteiger charge is 2.39. The molecule has 1 aliphatic heterocycles. The van der Waals surface area contributed by atoms with E-state index in [1.165, 1.54) is 0 Å². The van der Waals surface area contributed by atoms with Gasteiger partial charge in [-0.3, -0.25) is 4.79 Å². The van der Waals surface area contributed by atoms with Crippen molar-refractivity contribution < 1.29 is 19.1 Å². The van der Waals surface area contributed by atoms with Crippen LogP contribution in [0.3, 0.4) is 0 Å². The van der Waals surface area contributed by atoms with Gasteiger partial charge in [-0.2, -0.15) is 0 Å². The first-order valence-electron chi connectivity index (χ1n) is 3.57. The highest BCUT2D eigenvalue weighted by molar-refractivity contribution is 5.82. The minimum atomic E-state index is -0.803. The quantitative estimate of drug-likeness (QED) is 0.445. The molecule has 0 aliphatic carbocycles. The first kappa shape index (κ1) is 8.77. The van der Waals surface area contributed by atoms with E-state index in [2.05, 4.69) is 11.3 Å². The van der Waals surface area contributed by atoms with Crippen molar-refractivity contribution in [2.24, 2.45) is 0 Å². The van der Waals surface area contributed by atoms with Crippen LogP contribution < -0.4 is 0 Å². The number of carbonyl (C=O) groups excluding carboxylic acids is 2. The predicted octanol–water partition coefficient (Wildman–Crippen LogP) is 0.421. The third kappa shape index (κ3) is 1.84. The van der Waals surface area contributed by atoms with Crippen molar-refractivity contribution in [1.82, 2.24) is 0 Å². The van der Waals surface area contributed by atoms with E-state index >= 15 is 0 Å². The average molecular weight is 170 g/mol. The fourth-order valence-electron chi connectivity index (χ4n) is 0.991. The second-order valence-electron chi connectivity index (χ2n) is 2.91. The van der Waals surface area contributed by atoms with Crippen LogP contribution in [0.4, 0.5) is 0 Å². The zero-order valence-electron chi connectivity index (χ0n) is 6.83. The van der Waals surface area contributed by atoms with Crippen LogP contribution in [-0.2, 0) is 19.1 Å². The highest BCUT2D eigenvalue weighted by Crippen LogP contribution is 2.23. The standard InChI is InChI=1S/C8H10O4/c1-3-6(9)12-8(2)4-7(10)11-5-8/h3H,1,4-5H2,2H3. The summed E-state index contributed by atoms with van der Waals surface area (Å²) < 4.78 is 9.58. The third-order valence-corrected chi connectivity index (χ3v) is 1.57. The molecule has 0 radical (unpaired) electrons. The van der Waals surface area contributed by atoms with Crippen LogP contribution in [0.1, 0.15) is 13.3 Å². The molecular formula is C8H10O4. The van der Waals surface area contributed by atoms with Gasteiger partial charge in [0.05, 0.1) is 6.42 Å². The molecule has 0 amide bonds. The summed E-state index contributed by atoms with van der Waals surface area (Å²) in [4.78, 5) is 21.5. The molecule has 4 heteroatoms. The van der Waals surface area contributed by atoms with Crippen molar-refractivity contribution in [3.8, 4) is 0 Å². The monoisotopic (exact) mass is 170 g/mol. The van der Waals surface area contributed by atoms with Gasteiger partial charge >= 0.3 is 11.9 Å². The van der Waals surface area contributed by atoms with Gasteiger partial charge in [-0.05, 0) is 6.92 Å². The maximum atomic E-state index is 10.8. The zero-order valence-corrected chi connectivity index (χ0v) is 6.83. The molecular weight excluding hydrogens is 160 g/mol. The minimum Gasteiger partial charge on any atom is -0.461 e. The molecule has 1 fully saturated rings. The summed E-state index contributed by atoms with van der Waals surface area (Å²) in [6.07, 6.45) is 1.18. The van der Waals surface area contributed by atoms with E-state index < -0.39 is 11.6 Å². The lowest BCUT2D eigenvalue weighted by atomic mass is 10.1. The van der Waals surface area contributed by atoms with Gasteiger partial charge in [0.15, 0.2) is 5.60 Å². The van der Waals surface area contributed by atoms with Crippen molar-refractivity contribution in [3.05, 3.63) is 12.7 Å². The molecule has 1 rings (SSSR count). The maximum Gasteiger partial charge on any atom is 0.330 e. The molecule has 1 atom stereocenters. The van der Waals surface area contributed by atoms with Crippen LogP contribution in [-0.4, -0.2) is 24.1 Å². The summed E-state index contributed by atoms with van der Waals surface area (Å²) in [7, 11) is 0. The molecule has 1 unspecified atom stereocenters. The van der Waals surface area contributed by atoms with Crippen LogP contribution in [0.25, 0.3) is 0 Å². The number of carbonyl (C=O) groups is 2. The summed E-state index contributed by atoms with van der Waals surface area (Å²) in [6.45, 7) is 5.03. The summed E-state index contributed by atoms with van der Waals surface area (Å²) in [5.41, 5.74) is -0.803. The molecule has 66 valence electrons. The summed E-state index contributed by atoms with van der Waals surface area (Å²) in [5.74, 6) is -0.870. The largest absolute Gasteiger partial charge is 0.461 e. The van der Waals surface area contributed by atoms with Crippen LogP contribution in [0, 0.1) is 0 Å². The summed E-state index contributed by atoms with van der Waals surface area (Å²) in [6, 6.07) is 0. The molecule has 0 bridgehead atoms. The van der Waals surface area contributed by atoms with Crippen molar-refractivity contribution in [3.63, 3.8) is 0 Å². The van der Waals surface area contributed by atoms with Crippen molar-refractivity contribution in [1.29, 1.82) is 0 Å². The zero-order chi connectivity index (χ0) is 9.19. The van der Waals surface area contributed by atoms with Crippen LogP contribution in [0.15, 0.2) is 12.7 Å². The lowest BCUT2D eigenvalue weighted by Crippen LogP contribution is -2.31. The van der Waals surface area contributed by atoms with E-state index in [0.29, 0.717) is 0 Å². The van der Waals surface area contributed by atoms with Crippen molar-refractivity contribution in [2.45, 2.75) is 18.9 Å². The van der Waals surface area contributed by atoms with Gasteiger partial charge in [0.2, 0.25) is 0 Å². The van der Waals surface area contributed by atoms with E-state index in [4.69, 9.17) is 4.74 Å². The van der Waals surface area contributed by atoms with E-state index in [0.717, 1.165) is 6.08 Å². The van der Waals surface area contributed by atoms with Gasteiger partial charge < -0.3 is 9.47 Å². The van der Waals surface area contributed by atoms with E-state index in [-0.39, 0.29) is 19.0 Å². The maximum absolute atomic E-state index is 10.8. The molecule has 0 N–H and O–H groups in total. The Balaban J connectivity index is 2.56. The highest BCUT2D eigenvalue weighted by atomic mass is 16.6. The van der Waals surface area contributed by atoms with E-state index in [9.17, 15) is 9.59 Å². The number of hydrogen-bond donors (Lipinski definition) is 0. The predicted molar refractivity (Wildman–Crippen MR) is 40.3 cm³/mol.